The lowest BCUT2D eigenvalue weighted by Crippen LogP contribution is -2.53. The highest BCUT2D eigenvalue weighted by atomic mass is 32.2. The summed E-state index contributed by atoms with van der Waals surface area (Å²) in [4.78, 5) is 0. The van der Waals surface area contributed by atoms with Gasteiger partial charge in [-0.3, -0.25) is 0 Å². The number of nitrogens with two attached hydrogens (primary N) is 1. The van der Waals surface area contributed by atoms with E-state index in [2.05, 4.69) is 0 Å². The maximum absolute atomic E-state index is 12.7. The first-order valence-electron chi connectivity index (χ1n) is 7.30. The summed E-state index contributed by atoms with van der Waals surface area (Å²) in [7, 11) is -3.33. The zero-order valence-electron chi connectivity index (χ0n) is 12.6. The van der Waals surface area contributed by atoms with E-state index in [-0.39, 0.29) is 23.8 Å². The fraction of sp³-hybridized carbons (Fsp3) is 0.600. The number of ether oxygens (including phenoxy) is 1. The molecule has 118 valence electrons. The van der Waals surface area contributed by atoms with Crippen molar-refractivity contribution < 1.29 is 13.2 Å². The van der Waals surface area contributed by atoms with E-state index in [1.165, 1.54) is 0 Å². The third-order valence-electron chi connectivity index (χ3n) is 3.90. The van der Waals surface area contributed by atoms with Crippen molar-refractivity contribution in [2.75, 3.05) is 25.4 Å². The van der Waals surface area contributed by atoms with E-state index in [9.17, 15) is 8.42 Å². The van der Waals surface area contributed by atoms with E-state index < -0.39 is 10.0 Å². The first kappa shape index (κ1) is 16.4. The number of hydrogen-bond acceptors (Lipinski definition) is 4. The van der Waals surface area contributed by atoms with Gasteiger partial charge in [0.25, 0.3) is 0 Å². The van der Waals surface area contributed by atoms with E-state index in [1.807, 2.05) is 44.2 Å². The van der Waals surface area contributed by atoms with Crippen molar-refractivity contribution in [2.24, 2.45) is 5.73 Å². The number of nitrogens with zero attached hydrogens (tertiary/aromatic N) is 1. The summed E-state index contributed by atoms with van der Waals surface area (Å²) < 4.78 is 32.4. The van der Waals surface area contributed by atoms with Crippen LogP contribution in [-0.4, -0.2) is 50.3 Å². The summed E-state index contributed by atoms with van der Waals surface area (Å²) >= 11 is 0. The van der Waals surface area contributed by atoms with Gasteiger partial charge >= 0.3 is 0 Å². The van der Waals surface area contributed by atoms with Crippen LogP contribution >= 0.6 is 0 Å². The molecule has 1 aromatic carbocycles. The second-order valence-electron chi connectivity index (χ2n) is 5.70. The molecule has 0 aliphatic carbocycles. The summed E-state index contributed by atoms with van der Waals surface area (Å²) in [5.74, 6) is 0.0705. The smallest absolute Gasteiger partial charge is 0.215 e. The predicted octanol–water partition coefficient (Wildman–Crippen LogP) is 1.17. The minimum Gasteiger partial charge on any atom is -0.374 e. The van der Waals surface area contributed by atoms with Crippen molar-refractivity contribution >= 4 is 10.0 Å². The highest BCUT2D eigenvalue weighted by Gasteiger charge is 2.34. The third kappa shape index (κ3) is 4.03. The first-order valence-corrected chi connectivity index (χ1v) is 8.91. The molecule has 0 spiro atoms. The largest absolute Gasteiger partial charge is 0.374 e. The standard InChI is InChI=1S/C15H24N2O3S/c1-12(14-6-4-3-5-7-14)11-21(18,19)17-9-15(8-16)20-10-13(17)2/h3-7,12-13,15H,8-11,16H2,1-2H3. The Kier molecular flexibility index (Phi) is 5.37. The van der Waals surface area contributed by atoms with Gasteiger partial charge in [-0.15, -0.1) is 0 Å². The molecule has 0 saturated carbocycles. The minimum atomic E-state index is -3.33. The Morgan fingerprint density at radius 3 is 2.67 bits per heavy atom. The Balaban J connectivity index is 2.10. The van der Waals surface area contributed by atoms with E-state index in [0.717, 1.165) is 5.56 Å². The molecule has 3 unspecified atom stereocenters. The van der Waals surface area contributed by atoms with Crippen molar-refractivity contribution in [3.63, 3.8) is 0 Å². The van der Waals surface area contributed by atoms with Crippen molar-refractivity contribution in [2.45, 2.75) is 31.9 Å². The van der Waals surface area contributed by atoms with E-state index in [1.54, 1.807) is 4.31 Å². The van der Waals surface area contributed by atoms with Crippen molar-refractivity contribution in [1.29, 1.82) is 0 Å². The second-order valence-corrected chi connectivity index (χ2v) is 7.67. The van der Waals surface area contributed by atoms with E-state index in [0.29, 0.717) is 19.7 Å². The van der Waals surface area contributed by atoms with Crippen molar-refractivity contribution in [3.05, 3.63) is 35.9 Å². The van der Waals surface area contributed by atoms with Gasteiger partial charge in [0, 0.05) is 19.1 Å². The Bertz CT molecular complexity index is 547. The molecular formula is C15H24N2O3S. The number of benzene rings is 1. The molecule has 0 radical (unpaired) electrons. The Labute approximate surface area is 127 Å². The van der Waals surface area contributed by atoms with Gasteiger partial charge < -0.3 is 10.5 Å². The van der Waals surface area contributed by atoms with Gasteiger partial charge in [-0.1, -0.05) is 37.3 Å². The molecule has 1 aliphatic heterocycles. The summed E-state index contributed by atoms with van der Waals surface area (Å²) in [5.41, 5.74) is 6.64. The first-order chi connectivity index (χ1) is 9.94. The van der Waals surface area contributed by atoms with Gasteiger partial charge in [0.1, 0.15) is 0 Å². The number of sulfonamides is 1. The van der Waals surface area contributed by atoms with Crippen LogP contribution < -0.4 is 5.73 Å². The van der Waals surface area contributed by atoms with Crippen LogP contribution in [0.15, 0.2) is 30.3 Å². The molecule has 0 aromatic heterocycles. The second kappa shape index (κ2) is 6.87. The lowest BCUT2D eigenvalue weighted by molar-refractivity contribution is -0.0219. The van der Waals surface area contributed by atoms with Crippen LogP contribution in [0.5, 0.6) is 0 Å². The molecule has 1 aliphatic rings. The zero-order valence-corrected chi connectivity index (χ0v) is 13.4. The molecule has 1 aromatic rings. The lowest BCUT2D eigenvalue weighted by atomic mass is 10.0. The average Bonchev–Trinajstić information content (AvgIpc) is 2.48. The molecule has 1 fully saturated rings. The fourth-order valence-electron chi connectivity index (χ4n) is 2.61. The van der Waals surface area contributed by atoms with Gasteiger partial charge in [0.2, 0.25) is 10.0 Å². The van der Waals surface area contributed by atoms with Crippen LogP contribution in [0, 0.1) is 0 Å². The number of hydrogen-bond donors (Lipinski definition) is 1. The van der Waals surface area contributed by atoms with Crippen molar-refractivity contribution in [1.82, 2.24) is 4.31 Å². The van der Waals surface area contributed by atoms with Crippen LogP contribution in [0.25, 0.3) is 0 Å². The highest BCUT2D eigenvalue weighted by Crippen LogP contribution is 2.22. The van der Waals surface area contributed by atoms with Gasteiger partial charge in [-0.25, -0.2) is 8.42 Å². The summed E-state index contributed by atoms with van der Waals surface area (Å²) in [6, 6.07) is 9.58. The molecule has 21 heavy (non-hydrogen) atoms. The topological polar surface area (TPSA) is 72.6 Å². The van der Waals surface area contributed by atoms with Crippen LogP contribution in [-0.2, 0) is 14.8 Å². The molecule has 3 atom stereocenters. The van der Waals surface area contributed by atoms with Gasteiger partial charge in [0.05, 0.1) is 18.5 Å². The number of rotatable bonds is 5. The Morgan fingerprint density at radius 1 is 1.38 bits per heavy atom. The van der Waals surface area contributed by atoms with Crippen LogP contribution in [0.3, 0.4) is 0 Å². The highest BCUT2D eigenvalue weighted by molar-refractivity contribution is 7.89. The van der Waals surface area contributed by atoms with Crippen LogP contribution in [0.1, 0.15) is 25.3 Å². The minimum absolute atomic E-state index is 0.0393. The SMILES string of the molecule is CC(CS(=O)(=O)N1CC(CN)OCC1C)c1ccccc1. The Hall–Kier alpha value is -0.950. The molecule has 2 rings (SSSR count). The van der Waals surface area contributed by atoms with Gasteiger partial charge in [-0.05, 0) is 18.4 Å². The normalized spacial score (nSPS) is 25.7. The molecule has 0 amide bonds. The van der Waals surface area contributed by atoms with E-state index >= 15 is 0 Å². The molecule has 5 nitrogen and oxygen atoms in total. The van der Waals surface area contributed by atoms with Gasteiger partial charge in [0.15, 0.2) is 0 Å². The maximum atomic E-state index is 12.7. The molecule has 1 saturated heterocycles. The average molecular weight is 312 g/mol. The quantitative estimate of drug-likeness (QED) is 0.886. The molecule has 2 N–H and O–H groups in total. The monoisotopic (exact) mass is 312 g/mol. The molecule has 6 heteroatoms. The lowest BCUT2D eigenvalue weighted by Gasteiger charge is -2.37. The third-order valence-corrected chi connectivity index (χ3v) is 6.04. The van der Waals surface area contributed by atoms with E-state index in [4.69, 9.17) is 10.5 Å². The fourth-order valence-corrected chi connectivity index (χ4v) is 4.63. The summed E-state index contributed by atoms with van der Waals surface area (Å²) in [6.07, 6.45) is -0.206. The molecule has 0 bridgehead atoms. The maximum Gasteiger partial charge on any atom is 0.215 e. The summed E-state index contributed by atoms with van der Waals surface area (Å²) in [5, 5.41) is 0. The number of morpholine rings is 1. The predicted molar refractivity (Wildman–Crippen MR) is 83.6 cm³/mol. The summed E-state index contributed by atoms with van der Waals surface area (Å²) in [6.45, 7) is 4.91. The van der Waals surface area contributed by atoms with Crippen LogP contribution in [0.2, 0.25) is 0 Å². The molecule has 1 heterocycles. The molecular weight excluding hydrogens is 288 g/mol. The zero-order chi connectivity index (χ0) is 15.5. The van der Waals surface area contributed by atoms with Crippen molar-refractivity contribution in [3.8, 4) is 0 Å². The Morgan fingerprint density at radius 2 is 2.05 bits per heavy atom. The van der Waals surface area contributed by atoms with Crippen LogP contribution in [0.4, 0.5) is 0 Å². The van der Waals surface area contributed by atoms with Gasteiger partial charge in [-0.2, -0.15) is 4.31 Å².